The predicted molar refractivity (Wildman–Crippen MR) is 193 cm³/mol. The summed E-state index contributed by atoms with van der Waals surface area (Å²) in [6.45, 7) is 10.4. The van der Waals surface area contributed by atoms with Crippen molar-refractivity contribution < 1.29 is 19.1 Å². The average Bonchev–Trinajstić information content (AvgIpc) is 3.75. The third-order valence-electron chi connectivity index (χ3n) is 9.59. The van der Waals surface area contributed by atoms with Crippen molar-refractivity contribution in [2.45, 2.75) is 104 Å². The molecule has 3 amide bonds. The van der Waals surface area contributed by atoms with E-state index < -0.39 is 12.1 Å². The third-order valence-corrected chi connectivity index (χ3v) is 10.8. The van der Waals surface area contributed by atoms with Gasteiger partial charge in [-0.2, -0.15) is 0 Å². The molecule has 1 unspecified atom stereocenters. The highest BCUT2D eigenvalue weighted by atomic mass is 32.1. The zero-order chi connectivity index (χ0) is 33.9. The molecule has 0 saturated carbocycles. The predicted octanol–water partition coefficient (Wildman–Crippen LogP) is 8.61. The standard InChI is InChI=1S/C35H43N3O4S.C2H6.C2H2/c1-3-13-24-23(2)28(26-15-9-8-14-25(24)26)22-42-35(41)38-21-12-17-29(38)32(39)36-33-31(34(40)37-19-10-5-11-20-37)27-16-6-4-7-18-30(27)43-33;2*1-2/h3,8-9,13-15,28-29H,4-7,10-12,16-22H2,1-2H3,(H,36,39);1-2H3;1-2H/b13-3-;;/t28?,29-;;/m0../s1. The van der Waals surface area contributed by atoms with Crippen molar-refractivity contribution in [3.8, 4) is 12.8 Å². The second-order valence-corrected chi connectivity index (χ2v) is 13.4. The Balaban J connectivity index is 0.00000120. The largest absolute Gasteiger partial charge is 0.448 e. The SMILES string of the molecule is C#C.C/C=C\C1=C(C)C(COC(=O)N2CCC[C@H]2C(=O)Nc2sc3c(c2C(=O)N2CCCCC2)CCCCC3)c2ccccc21.CC. The number of ether oxygens (including phenoxy) is 1. The Morgan fingerprint density at radius 3 is 2.43 bits per heavy atom. The normalized spacial score (nSPS) is 20.3. The lowest BCUT2D eigenvalue weighted by Crippen LogP contribution is -2.44. The molecule has 0 bridgehead atoms. The highest BCUT2D eigenvalue weighted by Gasteiger charge is 2.38. The number of likely N-dealkylation sites (tertiary alicyclic amines) is 2. The number of fused-ring (bicyclic) bond motifs is 2. The molecule has 7 nitrogen and oxygen atoms in total. The summed E-state index contributed by atoms with van der Waals surface area (Å²) < 4.78 is 5.91. The van der Waals surface area contributed by atoms with Gasteiger partial charge in [0.15, 0.2) is 0 Å². The molecule has 252 valence electrons. The maximum Gasteiger partial charge on any atom is 0.410 e. The summed E-state index contributed by atoms with van der Waals surface area (Å²) in [6.07, 6.45) is 21.4. The first-order valence-corrected chi connectivity index (χ1v) is 18.2. The number of anilines is 1. The number of amides is 3. The molecule has 1 aromatic carbocycles. The van der Waals surface area contributed by atoms with E-state index in [1.807, 2.05) is 43.9 Å². The minimum atomic E-state index is -0.613. The van der Waals surface area contributed by atoms with E-state index in [0.29, 0.717) is 23.5 Å². The Kier molecular flexibility index (Phi) is 13.3. The Labute approximate surface area is 285 Å². The van der Waals surface area contributed by atoms with Crippen LogP contribution in [0, 0.1) is 12.8 Å². The summed E-state index contributed by atoms with van der Waals surface area (Å²) in [5, 5.41) is 3.80. The number of nitrogens with zero attached hydrogens (tertiary/aromatic N) is 2. The number of carbonyl (C=O) groups excluding carboxylic acids is 3. The second kappa shape index (κ2) is 17.4. The molecule has 47 heavy (non-hydrogen) atoms. The lowest BCUT2D eigenvalue weighted by Gasteiger charge is -2.28. The average molecular weight is 658 g/mol. The van der Waals surface area contributed by atoms with Crippen LogP contribution in [-0.4, -0.2) is 60.0 Å². The molecule has 2 saturated heterocycles. The van der Waals surface area contributed by atoms with E-state index in [0.717, 1.165) is 76.4 Å². The number of carbonyl (C=O) groups is 3. The lowest BCUT2D eigenvalue weighted by molar-refractivity contribution is -0.120. The zero-order valence-electron chi connectivity index (χ0n) is 28.6. The number of allylic oxidation sites excluding steroid dienone is 3. The first kappa shape index (κ1) is 36.0. The smallest absolute Gasteiger partial charge is 0.410 e. The molecule has 2 aliphatic carbocycles. The van der Waals surface area contributed by atoms with Gasteiger partial charge in [-0.05, 0) is 93.9 Å². The van der Waals surface area contributed by atoms with E-state index in [9.17, 15) is 14.4 Å². The number of hydrogen-bond donors (Lipinski definition) is 1. The minimum Gasteiger partial charge on any atom is -0.448 e. The number of benzene rings is 1. The van der Waals surface area contributed by atoms with E-state index in [1.54, 1.807) is 16.2 Å². The van der Waals surface area contributed by atoms with E-state index >= 15 is 0 Å². The fraction of sp³-hybridized carbons (Fsp3) is 0.513. The quantitative estimate of drug-likeness (QED) is 0.249. The number of piperidine rings is 1. The Hall–Kier alpha value is -3.83. The van der Waals surface area contributed by atoms with Crippen LogP contribution in [0.4, 0.5) is 9.80 Å². The zero-order valence-corrected chi connectivity index (χ0v) is 29.4. The Bertz CT molecular complexity index is 1500. The number of hydrogen-bond acceptors (Lipinski definition) is 5. The van der Waals surface area contributed by atoms with E-state index in [4.69, 9.17) is 4.74 Å². The molecule has 8 heteroatoms. The van der Waals surface area contributed by atoms with Gasteiger partial charge in [-0.25, -0.2) is 4.79 Å². The first-order chi connectivity index (χ1) is 23.0. The molecule has 1 aromatic heterocycles. The summed E-state index contributed by atoms with van der Waals surface area (Å²) in [7, 11) is 0. The van der Waals surface area contributed by atoms with E-state index in [-0.39, 0.29) is 24.3 Å². The molecule has 2 fully saturated rings. The molecule has 1 N–H and O–H groups in total. The lowest BCUT2D eigenvalue weighted by atomic mass is 9.98. The molecular weight excluding hydrogens is 607 g/mol. The van der Waals surface area contributed by atoms with Crippen molar-refractivity contribution in [1.29, 1.82) is 0 Å². The number of terminal acetylenes is 1. The van der Waals surface area contributed by atoms with Crippen molar-refractivity contribution in [1.82, 2.24) is 9.80 Å². The molecule has 2 atom stereocenters. The Morgan fingerprint density at radius 2 is 1.68 bits per heavy atom. The molecule has 2 aliphatic heterocycles. The van der Waals surface area contributed by atoms with Gasteiger partial charge in [0.1, 0.15) is 17.6 Å². The monoisotopic (exact) mass is 657 g/mol. The van der Waals surface area contributed by atoms with Gasteiger partial charge in [0.2, 0.25) is 5.91 Å². The molecule has 0 radical (unpaired) electrons. The van der Waals surface area contributed by atoms with Crippen molar-refractivity contribution in [3.05, 3.63) is 69.1 Å². The molecule has 3 heterocycles. The Morgan fingerprint density at radius 1 is 0.979 bits per heavy atom. The van der Waals surface area contributed by atoms with Crippen LogP contribution in [0.1, 0.15) is 117 Å². The number of rotatable bonds is 6. The van der Waals surface area contributed by atoms with Crippen LogP contribution in [0.2, 0.25) is 0 Å². The van der Waals surface area contributed by atoms with Gasteiger partial charge in [0, 0.05) is 30.4 Å². The number of nitrogens with one attached hydrogen (secondary N) is 1. The summed E-state index contributed by atoms with van der Waals surface area (Å²) >= 11 is 1.56. The molecule has 0 spiro atoms. The van der Waals surface area contributed by atoms with Crippen LogP contribution >= 0.6 is 11.3 Å². The van der Waals surface area contributed by atoms with Gasteiger partial charge >= 0.3 is 6.09 Å². The number of thiophene rings is 1. The molecular formula is C39H51N3O4S. The molecule has 2 aromatic rings. The minimum absolute atomic E-state index is 0.00823. The van der Waals surface area contributed by atoms with Crippen LogP contribution in [0.3, 0.4) is 0 Å². The molecule has 4 aliphatic rings. The highest BCUT2D eigenvalue weighted by Crippen LogP contribution is 2.43. The van der Waals surface area contributed by atoms with Crippen molar-refractivity contribution in [2.24, 2.45) is 0 Å². The van der Waals surface area contributed by atoms with Gasteiger partial charge in [0.25, 0.3) is 5.91 Å². The highest BCUT2D eigenvalue weighted by molar-refractivity contribution is 7.17. The van der Waals surface area contributed by atoms with E-state index in [2.05, 4.69) is 43.3 Å². The van der Waals surface area contributed by atoms with Crippen LogP contribution in [-0.2, 0) is 22.4 Å². The third kappa shape index (κ3) is 7.84. The fourth-order valence-corrected chi connectivity index (χ4v) is 8.57. The second-order valence-electron chi connectivity index (χ2n) is 12.3. The van der Waals surface area contributed by atoms with Crippen LogP contribution in [0.25, 0.3) is 5.57 Å². The summed E-state index contributed by atoms with van der Waals surface area (Å²) in [5.41, 5.74) is 6.55. The maximum absolute atomic E-state index is 13.8. The van der Waals surface area contributed by atoms with E-state index in [1.165, 1.54) is 27.2 Å². The van der Waals surface area contributed by atoms with Crippen LogP contribution in [0.15, 0.2) is 42.0 Å². The fourth-order valence-electron chi connectivity index (χ4n) is 7.28. The van der Waals surface area contributed by atoms with Gasteiger partial charge in [0.05, 0.1) is 5.56 Å². The van der Waals surface area contributed by atoms with Crippen molar-refractivity contribution in [2.75, 3.05) is 31.6 Å². The first-order valence-electron chi connectivity index (χ1n) is 17.4. The van der Waals surface area contributed by atoms with Crippen LogP contribution < -0.4 is 5.32 Å². The van der Waals surface area contributed by atoms with Gasteiger partial charge in [-0.15, -0.1) is 24.2 Å². The maximum atomic E-state index is 13.8. The summed E-state index contributed by atoms with van der Waals surface area (Å²) in [4.78, 5) is 45.8. The number of aryl methyl sites for hydroxylation is 1. The van der Waals surface area contributed by atoms with Gasteiger partial charge < -0.3 is 15.0 Å². The van der Waals surface area contributed by atoms with Crippen molar-refractivity contribution in [3.63, 3.8) is 0 Å². The molecule has 6 rings (SSSR count). The van der Waals surface area contributed by atoms with Gasteiger partial charge in [-0.1, -0.05) is 62.3 Å². The van der Waals surface area contributed by atoms with Crippen molar-refractivity contribution >= 4 is 39.8 Å². The summed E-state index contributed by atoms with van der Waals surface area (Å²) in [5.74, 6) is -0.183. The topological polar surface area (TPSA) is 79.0 Å². The van der Waals surface area contributed by atoms with Gasteiger partial charge in [-0.3, -0.25) is 14.5 Å². The van der Waals surface area contributed by atoms with Crippen LogP contribution in [0.5, 0.6) is 0 Å². The summed E-state index contributed by atoms with van der Waals surface area (Å²) in [6, 6.07) is 7.67.